The first-order valence-electron chi connectivity index (χ1n) is 6.02. The molecule has 3 N–H and O–H groups in total. The number of hydrazone groups is 1. The first kappa shape index (κ1) is 15.7. The van der Waals surface area contributed by atoms with Gasteiger partial charge in [0.05, 0.1) is 0 Å². The Balaban J connectivity index is 4.71. The van der Waals surface area contributed by atoms with Gasteiger partial charge in [-0.15, -0.1) is 6.58 Å². The van der Waals surface area contributed by atoms with E-state index in [4.69, 9.17) is 11.0 Å². The molecule has 0 aliphatic carbocycles. The Labute approximate surface area is 105 Å². The summed E-state index contributed by atoms with van der Waals surface area (Å²) in [6.45, 7) is 12.6. The van der Waals surface area contributed by atoms with E-state index in [0.717, 1.165) is 0 Å². The Hall–Kier alpha value is -1.34. The molecule has 0 aliphatic heterocycles. The molecule has 0 aromatic heterocycles. The Bertz CT molecular complexity index is 299. The van der Waals surface area contributed by atoms with Gasteiger partial charge in [-0.25, -0.2) is 0 Å². The van der Waals surface area contributed by atoms with Gasteiger partial charge in [0.15, 0.2) is 0 Å². The lowest BCUT2D eigenvalue weighted by Gasteiger charge is -2.22. The molecule has 0 aromatic rings. The van der Waals surface area contributed by atoms with E-state index < -0.39 is 0 Å². The molecule has 0 fully saturated rings. The van der Waals surface area contributed by atoms with E-state index in [1.807, 2.05) is 6.92 Å². The van der Waals surface area contributed by atoms with Crippen molar-refractivity contribution in [1.29, 1.82) is 5.26 Å². The zero-order chi connectivity index (χ0) is 13.4. The van der Waals surface area contributed by atoms with Crippen LogP contribution in [0.4, 0.5) is 0 Å². The van der Waals surface area contributed by atoms with Crippen LogP contribution >= 0.6 is 0 Å². The summed E-state index contributed by atoms with van der Waals surface area (Å²) < 4.78 is 0. The SMILES string of the molecule is C=C[C@H](/C(C#N)=N\NC[C@H](C)N)[C@H](C)C(C)C. The van der Waals surface area contributed by atoms with Gasteiger partial charge < -0.3 is 11.2 Å². The third kappa shape index (κ3) is 5.50. The summed E-state index contributed by atoms with van der Waals surface area (Å²) in [5.74, 6) is 0.800. The van der Waals surface area contributed by atoms with Crippen LogP contribution in [0, 0.1) is 29.1 Å². The van der Waals surface area contributed by atoms with Gasteiger partial charge in [-0.2, -0.15) is 10.4 Å². The molecular weight excluding hydrogens is 212 g/mol. The lowest BCUT2D eigenvalue weighted by atomic mass is 9.82. The molecule has 4 heteroatoms. The third-order valence-corrected chi connectivity index (χ3v) is 2.92. The predicted molar refractivity (Wildman–Crippen MR) is 72.4 cm³/mol. The average Bonchev–Trinajstić information content (AvgIpc) is 2.26. The lowest BCUT2D eigenvalue weighted by Crippen LogP contribution is -2.30. The molecule has 0 spiro atoms. The minimum absolute atomic E-state index is 0.0134. The van der Waals surface area contributed by atoms with E-state index >= 15 is 0 Å². The van der Waals surface area contributed by atoms with Gasteiger partial charge in [0.1, 0.15) is 11.8 Å². The van der Waals surface area contributed by atoms with Crippen molar-refractivity contribution in [2.45, 2.75) is 33.7 Å². The Morgan fingerprint density at radius 3 is 2.41 bits per heavy atom. The molecule has 0 bridgehead atoms. The third-order valence-electron chi connectivity index (χ3n) is 2.92. The molecule has 0 aromatic carbocycles. The second-order valence-electron chi connectivity index (χ2n) is 4.81. The number of hydrogen-bond donors (Lipinski definition) is 2. The Morgan fingerprint density at radius 2 is 2.06 bits per heavy atom. The van der Waals surface area contributed by atoms with E-state index in [1.165, 1.54) is 0 Å². The quantitative estimate of drug-likeness (QED) is 0.403. The first-order chi connectivity index (χ1) is 7.93. The molecule has 3 atom stereocenters. The Kier molecular flexibility index (Phi) is 7.24. The van der Waals surface area contributed by atoms with Crippen molar-refractivity contribution in [3.05, 3.63) is 12.7 Å². The number of hydrogen-bond acceptors (Lipinski definition) is 4. The minimum atomic E-state index is -0.0134. The highest BCUT2D eigenvalue weighted by Gasteiger charge is 2.22. The van der Waals surface area contributed by atoms with Crippen LogP contribution in [-0.4, -0.2) is 18.3 Å². The maximum atomic E-state index is 9.12. The molecule has 96 valence electrons. The van der Waals surface area contributed by atoms with Gasteiger partial charge in [0.2, 0.25) is 0 Å². The van der Waals surface area contributed by atoms with E-state index in [1.54, 1.807) is 6.08 Å². The number of nitriles is 1. The highest BCUT2D eigenvalue weighted by atomic mass is 15.3. The lowest BCUT2D eigenvalue weighted by molar-refractivity contribution is 0.380. The fraction of sp³-hybridized carbons (Fsp3) is 0.692. The average molecular weight is 236 g/mol. The first-order valence-corrected chi connectivity index (χ1v) is 6.02. The van der Waals surface area contributed by atoms with Gasteiger partial charge in [0.25, 0.3) is 0 Å². The molecule has 0 amide bonds. The maximum Gasteiger partial charge on any atom is 0.144 e. The van der Waals surface area contributed by atoms with Crippen molar-refractivity contribution in [3.8, 4) is 6.07 Å². The van der Waals surface area contributed by atoms with E-state index in [-0.39, 0.29) is 12.0 Å². The van der Waals surface area contributed by atoms with Crippen molar-refractivity contribution in [1.82, 2.24) is 5.43 Å². The summed E-state index contributed by atoms with van der Waals surface area (Å²) in [7, 11) is 0. The summed E-state index contributed by atoms with van der Waals surface area (Å²) in [6.07, 6.45) is 1.79. The summed E-state index contributed by atoms with van der Waals surface area (Å²) in [6, 6.07) is 2.16. The van der Waals surface area contributed by atoms with Crippen molar-refractivity contribution in [2.24, 2.45) is 28.6 Å². The largest absolute Gasteiger partial charge is 0.326 e. The second-order valence-corrected chi connectivity index (χ2v) is 4.81. The molecular formula is C13H24N4. The van der Waals surface area contributed by atoms with Crippen molar-refractivity contribution < 1.29 is 0 Å². The molecule has 17 heavy (non-hydrogen) atoms. The van der Waals surface area contributed by atoms with Crippen molar-refractivity contribution in [2.75, 3.05) is 6.54 Å². The van der Waals surface area contributed by atoms with Crippen LogP contribution in [0.1, 0.15) is 27.7 Å². The highest BCUT2D eigenvalue weighted by Crippen LogP contribution is 2.22. The zero-order valence-corrected chi connectivity index (χ0v) is 11.3. The fourth-order valence-corrected chi connectivity index (χ4v) is 1.44. The monoisotopic (exact) mass is 236 g/mol. The van der Waals surface area contributed by atoms with Crippen LogP contribution in [0.5, 0.6) is 0 Å². The van der Waals surface area contributed by atoms with Crippen LogP contribution in [0.25, 0.3) is 0 Å². The fourth-order valence-electron chi connectivity index (χ4n) is 1.44. The smallest absolute Gasteiger partial charge is 0.144 e. The number of nitrogens with two attached hydrogens (primary N) is 1. The standard InChI is InChI=1S/C13H24N4/c1-6-12(11(5)9(2)3)13(7-14)17-16-8-10(4)15/h6,9-12,16H,1,8,15H2,2-5H3/b17-13-/t10-,11+,12-/m0/s1. The van der Waals surface area contributed by atoms with Crippen LogP contribution in [0.2, 0.25) is 0 Å². The number of nitrogens with one attached hydrogen (secondary N) is 1. The van der Waals surface area contributed by atoms with Crippen LogP contribution in [0.15, 0.2) is 17.8 Å². The number of rotatable bonds is 7. The van der Waals surface area contributed by atoms with Gasteiger partial charge in [0, 0.05) is 18.5 Å². The summed E-state index contributed by atoms with van der Waals surface area (Å²) in [5.41, 5.74) is 8.91. The predicted octanol–water partition coefficient (Wildman–Crippen LogP) is 1.90. The van der Waals surface area contributed by atoms with Crippen LogP contribution in [0.3, 0.4) is 0 Å². The highest BCUT2D eigenvalue weighted by molar-refractivity contribution is 6.01. The molecule has 4 nitrogen and oxygen atoms in total. The van der Waals surface area contributed by atoms with Gasteiger partial charge >= 0.3 is 0 Å². The van der Waals surface area contributed by atoms with E-state index in [9.17, 15) is 0 Å². The second kappa shape index (κ2) is 7.86. The van der Waals surface area contributed by atoms with Crippen LogP contribution < -0.4 is 11.2 Å². The van der Waals surface area contributed by atoms with Crippen LogP contribution in [-0.2, 0) is 0 Å². The molecule has 0 saturated carbocycles. The topological polar surface area (TPSA) is 74.2 Å². The molecule has 0 radical (unpaired) electrons. The van der Waals surface area contributed by atoms with Crippen molar-refractivity contribution >= 4 is 5.71 Å². The molecule has 0 rings (SSSR count). The maximum absolute atomic E-state index is 9.12. The number of nitrogens with zero attached hydrogens (tertiary/aromatic N) is 2. The Morgan fingerprint density at radius 1 is 1.47 bits per heavy atom. The zero-order valence-electron chi connectivity index (χ0n) is 11.3. The van der Waals surface area contributed by atoms with Gasteiger partial charge in [-0.3, -0.25) is 0 Å². The number of allylic oxidation sites excluding steroid dienone is 1. The molecule has 0 saturated heterocycles. The molecule has 0 heterocycles. The van der Waals surface area contributed by atoms with Crippen molar-refractivity contribution in [3.63, 3.8) is 0 Å². The normalized spacial score (nSPS) is 17.1. The minimum Gasteiger partial charge on any atom is -0.326 e. The summed E-state index contributed by atoms with van der Waals surface area (Å²) in [5, 5.41) is 13.2. The summed E-state index contributed by atoms with van der Waals surface area (Å²) in [4.78, 5) is 0. The van der Waals surface area contributed by atoms with E-state index in [0.29, 0.717) is 24.1 Å². The van der Waals surface area contributed by atoms with E-state index in [2.05, 4.69) is 43.9 Å². The van der Waals surface area contributed by atoms with Gasteiger partial charge in [-0.1, -0.05) is 26.8 Å². The molecule has 0 unspecified atom stereocenters. The molecule has 0 aliphatic rings. The summed E-state index contributed by atoms with van der Waals surface area (Å²) >= 11 is 0. The van der Waals surface area contributed by atoms with Gasteiger partial charge in [-0.05, 0) is 18.8 Å².